The van der Waals surface area contributed by atoms with Crippen LogP contribution in [0.5, 0.6) is 23.0 Å². The van der Waals surface area contributed by atoms with Gasteiger partial charge in [0.05, 0.1) is 33.4 Å². The second-order valence-corrected chi connectivity index (χ2v) is 8.76. The normalized spacial score (nSPS) is 20.8. The van der Waals surface area contributed by atoms with E-state index in [1.54, 1.807) is 21.3 Å². The first kappa shape index (κ1) is 23.1. The first-order valence-corrected chi connectivity index (χ1v) is 11.7. The first-order chi connectivity index (χ1) is 16.1. The molecule has 7 nitrogen and oxygen atoms in total. The summed E-state index contributed by atoms with van der Waals surface area (Å²) >= 11 is 0. The van der Waals surface area contributed by atoms with Crippen LogP contribution < -0.4 is 29.6 Å². The molecule has 1 saturated carbocycles. The number of benzene rings is 2. The Labute approximate surface area is 195 Å². The molecule has 2 fully saturated rings. The zero-order chi connectivity index (χ0) is 23.2. The molecule has 1 saturated heterocycles. The fraction of sp³-hybridized carbons (Fsp3) is 0.500. The second kappa shape index (κ2) is 10.7. The van der Waals surface area contributed by atoms with Crippen molar-refractivity contribution in [3.05, 3.63) is 42.0 Å². The first-order valence-electron chi connectivity index (χ1n) is 11.7. The predicted octanol–water partition coefficient (Wildman–Crippen LogP) is 4.37. The van der Waals surface area contributed by atoms with Gasteiger partial charge < -0.3 is 29.6 Å². The number of methoxy groups -OCH3 is 3. The fourth-order valence-corrected chi connectivity index (χ4v) is 4.74. The third-order valence-electron chi connectivity index (χ3n) is 6.65. The average Bonchev–Trinajstić information content (AvgIpc) is 3.36. The molecule has 4 rings (SSSR count). The summed E-state index contributed by atoms with van der Waals surface area (Å²) in [4.78, 5) is 12.6. The Morgan fingerprint density at radius 3 is 2.33 bits per heavy atom. The number of hydrogen-bond acceptors (Lipinski definition) is 6. The number of ether oxygens (including phenoxy) is 4. The van der Waals surface area contributed by atoms with Crippen LogP contribution in [-0.2, 0) is 4.79 Å². The highest BCUT2D eigenvalue weighted by Gasteiger charge is 2.30. The number of hydrogen-bond donors (Lipinski definition) is 2. The van der Waals surface area contributed by atoms with E-state index in [0.717, 1.165) is 36.4 Å². The molecule has 2 aromatic carbocycles. The zero-order valence-electron chi connectivity index (χ0n) is 19.7. The Morgan fingerprint density at radius 1 is 0.909 bits per heavy atom. The van der Waals surface area contributed by atoms with Gasteiger partial charge in [0.1, 0.15) is 0 Å². The molecule has 0 unspecified atom stereocenters. The Bertz CT molecular complexity index is 958. The summed E-state index contributed by atoms with van der Waals surface area (Å²) in [6.07, 6.45) is 5.65. The lowest BCUT2D eigenvalue weighted by Crippen LogP contribution is -2.43. The maximum atomic E-state index is 12.6. The average molecular weight is 455 g/mol. The third-order valence-corrected chi connectivity index (χ3v) is 6.65. The quantitative estimate of drug-likeness (QED) is 0.586. The van der Waals surface area contributed by atoms with Gasteiger partial charge in [-0.05, 0) is 61.9 Å². The summed E-state index contributed by atoms with van der Waals surface area (Å²) in [5.74, 6) is 3.05. The highest BCUT2D eigenvalue weighted by atomic mass is 16.5. The number of anilines is 1. The lowest BCUT2D eigenvalue weighted by atomic mass is 9.85. The van der Waals surface area contributed by atoms with Crippen molar-refractivity contribution in [3.8, 4) is 23.0 Å². The van der Waals surface area contributed by atoms with Crippen molar-refractivity contribution in [3.63, 3.8) is 0 Å². The maximum absolute atomic E-state index is 12.6. The molecule has 0 aromatic heterocycles. The van der Waals surface area contributed by atoms with Gasteiger partial charge in [-0.25, -0.2) is 0 Å². The molecule has 2 atom stereocenters. The van der Waals surface area contributed by atoms with Crippen LogP contribution in [0.15, 0.2) is 36.4 Å². The monoisotopic (exact) mass is 454 g/mol. The summed E-state index contributed by atoms with van der Waals surface area (Å²) in [6.45, 7) is 1.17. The number of rotatable bonds is 9. The molecule has 2 N–H and O–H groups in total. The Morgan fingerprint density at radius 2 is 1.61 bits per heavy atom. The van der Waals surface area contributed by atoms with Crippen molar-refractivity contribution < 1.29 is 23.7 Å². The Kier molecular flexibility index (Phi) is 7.47. The van der Waals surface area contributed by atoms with Gasteiger partial charge in [0, 0.05) is 30.8 Å². The zero-order valence-corrected chi connectivity index (χ0v) is 19.7. The number of amides is 1. The molecular formula is C26H34N2O5. The van der Waals surface area contributed by atoms with Crippen molar-refractivity contribution in [1.29, 1.82) is 0 Å². The molecular weight excluding hydrogens is 420 g/mol. The lowest BCUT2D eigenvalue weighted by molar-refractivity contribution is -0.126. The van der Waals surface area contributed by atoms with Crippen LogP contribution >= 0.6 is 0 Å². The number of nitrogens with one attached hydrogen (secondary N) is 2. The molecule has 2 aromatic rings. The van der Waals surface area contributed by atoms with Crippen LogP contribution in [0.2, 0.25) is 0 Å². The van der Waals surface area contributed by atoms with Crippen molar-refractivity contribution >= 4 is 11.6 Å². The molecule has 1 aliphatic carbocycles. The van der Waals surface area contributed by atoms with Gasteiger partial charge in [0.25, 0.3) is 0 Å². The summed E-state index contributed by atoms with van der Waals surface area (Å²) < 4.78 is 22.5. The number of carbonyl (C=O) groups is 1. The van der Waals surface area contributed by atoms with E-state index >= 15 is 0 Å². The van der Waals surface area contributed by atoms with E-state index < -0.39 is 0 Å². The van der Waals surface area contributed by atoms with Gasteiger partial charge in [-0.3, -0.25) is 4.79 Å². The molecule has 1 heterocycles. The Balaban J connectivity index is 1.43. The van der Waals surface area contributed by atoms with Gasteiger partial charge in [0.15, 0.2) is 23.0 Å². The standard InChI is InChI=1S/C26H34N2O5/c1-30-22-11-9-20(14-24(22)32-3)27-16-19-12-18(15-28-26(19)29)17-8-10-23(31-2)25(13-17)33-21-6-4-5-7-21/h8-11,13-14,18-19,21,27H,4-7,12,15-16H2,1-3H3,(H,28,29)/t18-,19+/m1/s1. The summed E-state index contributed by atoms with van der Waals surface area (Å²) in [7, 11) is 4.90. The van der Waals surface area contributed by atoms with Crippen LogP contribution in [0.25, 0.3) is 0 Å². The largest absolute Gasteiger partial charge is 0.493 e. The molecule has 0 bridgehead atoms. The highest BCUT2D eigenvalue weighted by molar-refractivity contribution is 5.80. The predicted molar refractivity (Wildman–Crippen MR) is 128 cm³/mol. The van der Waals surface area contributed by atoms with Crippen LogP contribution in [0.1, 0.15) is 43.6 Å². The van der Waals surface area contributed by atoms with E-state index in [4.69, 9.17) is 18.9 Å². The smallest absolute Gasteiger partial charge is 0.224 e. The minimum absolute atomic E-state index is 0.0789. The molecule has 0 radical (unpaired) electrons. The highest BCUT2D eigenvalue weighted by Crippen LogP contribution is 2.37. The molecule has 7 heteroatoms. The minimum atomic E-state index is -0.141. The molecule has 2 aliphatic rings. The summed E-state index contributed by atoms with van der Waals surface area (Å²) in [5.41, 5.74) is 2.05. The van der Waals surface area contributed by atoms with Gasteiger partial charge in [-0.2, -0.15) is 0 Å². The van der Waals surface area contributed by atoms with E-state index in [9.17, 15) is 4.79 Å². The Hall–Kier alpha value is -3.09. The molecule has 178 valence electrons. The minimum Gasteiger partial charge on any atom is -0.493 e. The van der Waals surface area contributed by atoms with Gasteiger partial charge in [-0.15, -0.1) is 0 Å². The third kappa shape index (κ3) is 5.46. The van der Waals surface area contributed by atoms with E-state index in [0.29, 0.717) is 24.6 Å². The number of carbonyl (C=O) groups excluding carboxylic acids is 1. The van der Waals surface area contributed by atoms with Crippen molar-refractivity contribution in [2.24, 2.45) is 5.92 Å². The van der Waals surface area contributed by atoms with E-state index in [-0.39, 0.29) is 23.8 Å². The fourth-order valence-electron chi connectivity index (χ4n) is 4.74. The maximum Gasteiger partial charge on any atom is 0.224 e. The lowest BCUT2D eigenvalue weighted by Gasteiger charge is -2.30. The van der Waals surface area contributed by atoms with Gasteiger partial charge >= 0.3 is 0 Å². The summed E-state index contributed by atoms with van der Waals surface area (Å²) in [5, 5.41) is 6.46. The van der Waals surface area contributed by atoms with Crippen molar-refractivity contribution in [1.82, 2.24) is 5.32 Å². The van der Waals surface area contributed by atoms with E-state index in [1.165, 1.54) is 18.4 Å². The molecule has 0 spiro atoms. The second-order valence-electron chi connectivity index (χ2n) is 8.76. The van der Waals surface area contributed by atoms with Crippen LogP contribution in [0, 0.1) is 5.92 Å². The molecule has 33 heavy (non-hydrogen) atoms. The van der Waals surface area contributed by atoms with Crippen LogP contribution in [-0.4, -0.2) is 46.4 Å². The van der Waals surface area contributed by atoms with E-state index in [2.05, 4.69) is 22.8 Å². The number of piperidine rings is 1. The van der Waals surface area contributed by atoms with Crippen LogP contribution in [0.3, 0.4) is 0 Å². The van der Waals surface area contributed by atoms with Crippen molar-refractivity contribution in [2.45, 2.75) is 44.1 Å². The van der Waals surface area contributed by atoms with Gasteiger partial charge in [-0.1, -0.05) is 6.07 Å². The van der Waals surface area contributed by atoms with Gasteiger partial charge in [0.2, 0.25) is 5.91 Å². The van der Waals surface area contributed by atoms with Crippen LogP contribution in [0.4, 0.5) is 5.69 Å². The van der Waals surface area contributed by atoms with Crippen molar-refractivity contribution in [2.75, 3.05) is 39.7 Å². The summed E-state index contributed by atoms with van der Waals surface area (Å²) in [6, 6.07) is 11.8. The topological polar surface area (TPSA) is 78.0 Å². The van der Waals surface area contributed by atoms with E-state index in [1.807, 2.05) is 24.3 Å². The molecule has 1 aliphatic heterocycles. The SMILES string of the molecule is COc1ccc(NC[C@@H]2C[C@@H](c3ccc(OC)c(OC4CCCC4)c3)CNC2=O)cc1OC. The molecule has 1 amide bonds.